The highest BCUT2D eigenvalue weighted by molar-refractivity contribution is 7.91. The number of hydrogen-bond donors (Lipinski definition) is 3. The van der Waals surface area contributed by atoms with Crippen molar-refractivity contribution in [1.29, 1.82) is 0 Å². The van der Waals surface area contributed by atoms with Crippen LogP contribution in [0.5, 0.6) is 5.19 Å². The summed E-state index contributed by atoms with van der Waals surface area (Å²) >= 11 is 7.44. The third-order valence-corrected chi connectivity index (χ3v) is 12.1. The average molecular weight is 736 g/mol. The molecule has 2 aliphatic heterocycles. The fraction of sp³-hybridized carbons (Fsp3) is 0.606. The van der Waals surface area contributed by atoms with Gasteiger partial charge in [0.25, 0.3) is 11.1 Å². The third-order valence-electron chi connectivity index (χ3n) is 9.13. The Morgan fingerprint density at radius 1 is 1.14 bits per heavy atom. The second kappa shape index (κ2) is 13.7. The number of ether oxygens (including phenoxy) is 2. The molecule has 2 aromatic rings. The number of allylic oxidation sites excluding steroid dienone is 1. The van der Waals surface area contributed by atoms with Crippen molar-refractivity contribution >= 4 is 67.0 Å². The molecule has 1 aromatic heterocycles. The lowest BCUT2D eigenvalue weighted by Gasteiger charge is -2.30. The van der Waals surface area contributed by atoms with E-state index in [9.17, 15) is 27.6 Å². The molecule has 13 nitrogen and oxygen atoms in total. The fourth-order valence-corrected chi connectivity index (χ4v) is 8.89. The van der Waals surface area contributed by atoms with Crippen molar-refractivity contribution < 1.29 is 37.1 Å². The van der Waals surface area contributed by atoms with Gasteiger partial charge < -0.3 is 25.0 Å². The number of alkyl carbamates (subject to hydrolysis) is 1. The molecule has 4 amide bonds. The zero-order chi connectivity index (χ0) is 35.1. The summed E-state index contributed by atoms with van der Waals surface area (Å²) in [5, 5.41) is 5.86. The van der Waals surface area contributed by atoms with E-state index in [2.05, 4.69) is 20.3 Å². The van der Waals surface area contributed by atoms with Crippen LogP contribution in [0.4, 0.5) is 4.79 Å². The quantitative estimate of drug-likeness (QED) is 0.368. The maximum atomic E-state index is 14.3. The minimum absolute atomic E-state index is 0.0126. The first kappa shape index (κ1) is 35.4. The number of nitrogens with one attached hydrogen (secondary N) is 3. The van der Waals surface area contributed by atoms with E-state index >= 15 is 0 Å². The van der Waals surface area contributed by atoms with Gasteiger partial charge in [0.1, 0.15) is 29.3 Å². The minimum Gasteiger partial charge on any atom is -0.465 e. The standard InChI is InChI=1S/C33H42ClN5O8S2/c1-32(2,3)47-30(43)35-24-10-8-6-4-5-7-9-19-17-33(19,29(42)38-49(44,45)22-12-13-22)37-27(40)25-16-21(18-39(25)28(24)41)46-31-36-23-14-11-20(34)15-26(23)48-31/h7,9,11,14-15,19,21-22,24-25H,4-6,8,10,12-13,16-18H2,1-3H3,(H,35,43)(H,37,40)(H,38,42)/b9-7-/t19-,21+,24-,25-,33+/m0/s1. The van der Waals surface area contributed by atoms with Gasteiger partial charge in [0.2, 0.25) is 21.8 Å². The van der Waals surface area contributed by atoms with Gasteiger partial charge in [0, 0.05) is 17.4 Å². The van der Waals surface area contributed by atoms with Gasteiger partial charge in [-0.05, 0) is 77.5 Å². The van der Waals surface area contributed by atoms with Crippen LogP contribution < -0.4 is 20.1 Å². The van der Waals surface area contributed by atoms with Crippen molar-refractivity contribution in [2.24, 2.45) is 5.92 Å². The van der Waals surface area contributed by atoms with E-state index in [0.717, 1.165) is 17.5 Å². The SMILES string of the molecule is CC(C)(C)OC(=O)N[C@H]1CCCCC/C=C\[C@H]2C[C@@]2(C(=O)NS(=O)(=O)C2CC2)NC(=O)[C@@H]2C[C@@H](Oc3nc4ccc(Cl)cc4s3)CN2C1=O. The number of nitrogens with zero attached hydrogens (tertiary/aromatic N) is 2. The summed E-state index contributed by atoms with van der Waals surface area (Å²) in [4.78, 5) is 60.8. The molecular formula is C33H42ClN5O8S2. The summed E-state index contributed by atoms with van der Waals surface area (Å²) in [5.41, 5.74) is -1.59. The molecule has 0 bridgehead atoms. The molecule has 2 saturated carbocycles. The third kappa shape index (κ3) is 8.31. The number of halogens is 1. The molecule has 3 N–H and O–H groups in total. The van der Waals surface area contributed by atoms with Crippen LogP contribution in [-0.4, -0.2) is 83.2 Å². The molecule has 3 heterocycles. The van der Waals surface area contributed by atoms with E-state index in [1.165, 1.54) is 16.2 Å². The van der Waals surface area contributed by atoms with Crippen molar-refractivity contribution in [3.63, 3.8) is 0 Å². The van der Waals surface area contributed by atoms with Gasteiger partial charge in [0.05, 0.1) is 22.0 Å². The molecule has 6 rings (SSSR count). The van der Waals surface area contributed by atoms with Crippen molar-refractivity contribution in [3.8, 4) is 5.19 Å². The molecule has 49 heavy (non-hydrogen) atoms. The Morgan fingerprint density at radius 2 is 1.92 bits per heavy atom. The van der Waals surface area contributed by atoms with E-state index < -0.39 is 74.3 Å². The lowest BCUT2D eigenvalue weighted by molar-refractivity contribution is -0.141. The molecule has 0 spiro atoms. The summed E-state index contributed by atoms with van der Waals surface area (Å²) in [6.45, 7) is 5.19. The lowest BCUT2D eigenvalue weighted by Crippen LogP contribution is -2.58. The van der Waals surface area contributed by atoms with E-state index in [1.54, 1.807) is 39.0 Å². The smallest absolute Gasteiger partial charge is 0.408 e. The zero-order valence-corrected chi connectivity index (χ0v) is 30.1. The molecule has 0 unspecified atom stereocenters. The van der Waals surface area contributed by atoms with Crippen molar-refractivity contribution in [2.45, 2.75) is 113 Å². The molecule has 5 atom stereocenters. The number of carbonyl (C=O) groups excluding carboxylic acids is 4. The number of benzene rings is 1. The number of sulfonamides is 1. The number of hydrogen-bond acceptors (Lipinski definition) is 10. The molecule has 266 valence electrons. The van der Waals surface area contributed by atoms with Gasteiger partial charge in [-0.3, -0.25) is 19.1 Å². The fourth-order valence-electron chi connectivity index (χ4n) is 6.37. The molecule has 1 saturated heterocycles. The Morgan fingerprint density at radius 3 is 2.65 bits per heavy atom. The highest BCUT2D eigenvalue weighted by atomic mass is 35.5. The van der Waals surface area contributed by atoms with Gasteiger partial charge in [0.15, 0.2) is 0 Å². The number of amides is 4. The summed E-state index contributed by atoms with van der Waals surface area (Å²) in [6.07, 6.45) is 6.89. The number of aromatic nitrogens is 1. The first-order valence-corrected chi connectivity index (χ1v) is 19.4. The highest BCUT2D eigenvalue weighted by Crippen LogP contribution is 2.46. The van der Waals surface area contributed by atoms with E-state index in [-0.39, 0.29) is 19.4 Å². The summed E-state index contributed by atoms with van der Waals surface area (Å²) in [7, 11) is -3.87. The van der Waals surface area contributed by atoms with Gasteiger partial charge in [-0.1, -0.05) is 47.9 Å². The summed E-state index contributed by atoms with van der Waals surface area (Å²) < 4.78 is 40.2. The molecule has 3 fully saturated rings. The molecule has 16 heteroatoms. The maximum absolute atomic E-state index is 14.3. The Kier molecular flexibility index (Phi) is 9.90. The van der Waals surface area contributed by atoms with Crippen LogP contribution in [0.15, 0.2) is 30.4 Å². The number of fused-ring (bicyclic) bond motifs is 3. The van der Waals surface area contributed by atoms with Crippen LogP contribution in [0.3, 0.4) is 0 Å². The van der Waals surface area contributed by atoms with Gasteiger partial charge in [-0.15, -0.1) is 0 Å². The Bertz CT molecular complexity index is 1770. The van der Waals surface area contributed by atoms with Crippen LogP contribution in [0.25, 0.3) is 10.2 Å². The molecule has 2 aliphatic carbocycles. The van der Waals surface area contributed by atoms with Crippen LogP contribution in [0.1, 0.15) is 78.6 Å². The summed E-state index contributed by atoms with van der Waals surface area (Å²) in [5.74, 6) is -2.29. The average Bonchev–Trinajstić information content (AvgIpc) is 3.90. The first-order chi connectivity index (χ1) is 23.1. The van der Waals surface area contributed by atoms with Crippen LogP contribution in [-0.2, 0) is 29.1 Å². The predicted octanol–water partition coefficient (Wildman–Crippen LogP) is 4.19. The number of rotatable bonds is 6. The van der Waals surface area contributed by atoms with Gasteiger partial charge >= 0.3 is 6.09 Å². The normalized spacial score (nSPS) is 28.7. The van der Waals surface area contributed by atoms with Crippen LogP contribution >= 0.6 is 22.9 Å². The topological polar surface area (TPSA) is 173 Å². The zero-order valence-electron chi connectivity index (χ0n) is 27.7. The van der Waals surface area contributed by atoms with Crippen molar-refractivity contribution in [3.05, 3.63) is 35.4 Å². The monoisotopic (exact) mass is 735 g/mol. The number of carbonyl (C=O) groups is 4. The second-order valence-electron chi connectivity index (χ2n) is 14.3. The largest absolute Gasteiger partial charge is 0.465 e. The van der Waals surface area contributed by atoms with Gasteiger partial charge in [-0.2, -0.15) is 0 Å². The van der Waals surface area contributed by atoms with E-state index in [0.29, 0.717) is 47.8 Å². The van der Waals surface area contributed by atoms with Crippen LogP contribution in [0.2, 0.25) is 5.02 Å². The molecule has 1 aromatic carbocycles. The Labute approximate surface area is 294 Å². The van der Waals surface area contributed by atoms with E-state index in [1.807, 2.05) is 12.2 Å². The highest BCUT2D eigenvalue weighted by Gasteiger charge is 2.62. The Hall–Kier alpha value is -3.43. The maximum Gasteiger partial charge on any atom is 0.408 e. The van der Waals surface area contributed by atoms with Gasteiger partial charge in [-0.25, -0.2) is 18.2 Å². The molecule has 0 radical (unpaired) electrons. The van der Waals surface area contributed by atoms with Crippen LogP contribution in [0, 0.1) is 5.92 Å². The first-order valence-electron chi connectivity index (χ1n) is 16.7. The minimum atomic E-state index is -3.87. The van der Waals surface area contributed by atoms with E-state index in [4.69, 9.17) is 21.1 Å². The summed E-state index contributed by atoms with van der Waals surface area (Å²) in [6, 6.07) is 3.21. The molecule has 4 aliphatic rings. The van der Waals surface area contributed by atoms with Crippen molar-refractivity contribution in [2.75, 3.05) is 6.54 Å². The predicted molar refractivity (Wildman–Crippen MR) is 184 cm³/mol. The Balaban J connectivity index is 1.28. The molecular weight excluding hydrogens is 694 g/mol. The lowest BCUT2D eigenvalue weighted by atomic mass is 10.0. The second-order valence-corrected chi connectivity index (χ2v) is 17.7. The van der Waals surface area contributed by atoms with Crippen molar-refractivity contribution in [1.82, 2.24) is 25.2 Å². The number of thiazole rings is 1.